The van der Waals surface area contributed by atoms with Gasteiger partial charge < -0.3 is 5.32 Å². The van der Waals surface area contributed by atoms with Crippen LogP contribution in [-0.2, 0) is 0 Å². The van der Waals surface area contributed by atoms with Gasteiger partial charge in [-0.1, -0.05) is 20.3 Å². The van der Waals surface area contributed by atoms with Crippen molar-refractivity contribution < 1.29 is 0 Å². The summed E-state index contributed by atoms with van der Waals surface area (Å²) >= 11 is 0. The monoisotopic (exact) mass is 261 g/mol. The highest BCUT2D eigenvalue weighted by atomic mass is 14.9. The molecule has 0 aromatic heterocycles. The van der Waals surface area contributed by atoms with Crippen molar-refractivity contribution >= 4 is 0 Å². The molecule has 0 aromatic rings. The molecule has 19 heavy (non-hydrogen) atoms. The second-order valence-corrected chi connectivity index (χ2v) is 8.84. The van der Waals surface area contributed by atoms with Crippen LogP contribution in [0.4, 0.5) is 0 Å². The first-order chi connectivity index (χ1) is 9.13. The molecule has 108 valence electrons. The zero-order chi connectivity index (χ0) is 13.0. The van der Waals surface area contributed by atoms with Crippen molar-refractivity contribution in [3.8, 4) is 0 Å². The Balaban J connectivity index is 1.42. The van der Waals surface area contributed by atoms with Gasteiger partial charge in [-0.2, -0.15) is 0 Å². The highest BCUT2D eigenvalue weighted by molar-refractivity contribution is 5.06. The van der Waals surface area contributed by atoms with Gasteiger partial charge in [-0.3, -0.25) is 0 Å². The van der Waals surface area contributed by atoms with Gasteiger partial charge in [0.1, 0.15) is 0 Å². The predicted molar refractivity (Wildman–Crippen MR) is 80.0 cm³/mol. The second-order valence-electron chi connectivity index (χ2n) is 8.84. The number of nitrogens with one attached hydrogen (secondary N) is 1. The first kappa shape index (κ1) is 12.7. The maximum absolute atomic E-state index is 3.79. The Morgan fingerprint density at radius 1 is 1.00 bits per heavy atom. The predicted octanol–water partition coefficient (Wildman–Crippen LogP) is 4.23. The lowest BCUT2D eigenvalue weighted by Crippen LogP contribution is -2.38. The smallest absolute Gasteiger partial charge is 0.00106 e. The molecule has 5 atom stereocenters. The molecule has 0 radical (unpaired) electrons. The summed E-state index contributed by atoms with van der Waals surface area (Å²) in [6.45, 7) is 5.92. The summed E-state index contributed by atoms with van der Waals surface area (Å²) in [5.41, 5.74) is 0.701. The van der Waals surface area contributed by atoms with E-state index in [0.29, 0.717) is 11.5 Å². The molecule has 4 aliphatic rings. The number of fused-ring (bicyclic) bond motifs is 3. The summed E-state index contributed by atoms with van der Waals surface area (Å²) in [6, 6.07) is 0.661. The Labute approximate surface area is 118 Å². The highest BCUT2D eigenvalue weighted by Gasteiger charge is 2.55. The SMILES string of the molecule is CC(C)NCC1(CC2CC3CCC2C3)CC2CC2C1. The van der Waals surface area contributed by atoms with Crippen LogP contribution in [0.1, 0.15) is 65.2 Å². The van der Waals surface area contributed by atoms with Gasteiger partial charge in [0, 0.05) is 12.6 Å². The highest BCUT2D eigenvalue weighted by Crippen LogP contribution is 2.63. The van der Waals surface area contributed by atoms with Crippen molar-refractivity contribution in [2.45, 2.75) is 71.3 Å². The average Bonchev–Trinajstić information content (AvgIpc) is 2.80. The lowest BCUT2D eigenvalue weighted by atomic mass is 9.71. The molecule has 0 saturated heterocycles. The Kier molecular flexibility index (Phi) is 2.99. The van der Waals surface area contributed by atoms with E-state index in [1.165, 1.54) is 6.54 Å². The Bertz CT molecular complexity index is 338. The molecule has 4 fully saturated rings. The van der Waals surface area contributed by atoms with Crippen LogP contribution in [0.3, 0.4) is 0 Å². The molecule has 4 rings (SSSR count). The van der Waals surface area contributed by atoms with Crippen LogP contribution in [0, 0.1) is 35.0 Å². The third-order valence-corrected chi connectivity index (χ3v) is 6.92. The lowest BCUT2D eigenvalue weighted by Gasteiger charge is -2.37. The molecule has 0 aliphatic heterocycles. The zero-order valence-corrected chi connectivity index (χ0v) is 12.8. The first-order valence-corrected chi connectivity index (χ1v) is 8.87. The molecule has 0 aromatic carbocycles. The van der Waals surface area contributed by atoms with Gasteiger partial charge in [0.05, 0.1) is 0 Å². The van der Waals surface area contributed by atoms with Crippen molar-refractivity contribution in [2.75, 3.05) is 6.54 Å². The van der Waals surface area contributed by atoms with Crippen LogP contribution >= 0.6 is 0 Å². The van der Waals surface area contributed by atoms with E-state index in [-0.39, 0.29) is 0 Å². The van der Waals surface area contributed by atoms with Crippen LogP contribution in [0.2, 0.25) is 0 Å². The molecule has 2 bridgehead atoms. The van der Waals surface area contributed by atoms with Crippen molar-refractivity contribution in [1.82, 2.24) is 5.32 Å². The van der Waals surface area contributed by atoms with E-state index in [0.717, 1.165) is 29.6 Å². The van der Waals surface area contributed by atoms with E-state index in [2.05, 4.69) is 19.2 Å². The van der Waals surface area contributed by atoms with Gasteiger partial charge >= 0.3 is 0 Å². The fourth-order valence-electron chi connectivity index (χ4n) is 5.99. The van der Waals surface area contributed by atoms with Gasteiger partial charge in [0.25, 0.3) is 0 Å². The van der Waals surface area contributed by atoms with E-state index >= 15 is 0 Å². The van der Waals surface area contributed by atoms with Crippen LogP contribution in [0.25, 0.3) is 0 Å². The van der Waals surface area contributed by atoms with Gasteiger partial charge in [-0.05, 0) is 80.0 Å². The Hall–Kier alpha value is -0.0400. The van der Waals surface area contributed by atoms with Crippen molar-refractivity contribution in [3.05, 3.63) is 0 Å². The molecule has 1 N–H and O–H groups in total. The van der Waals surface area contributed by atoms with Crippen LogP contribution in [0.15, 0.2) is 0 Å². The molecular weight excluding hydrogens is 230 g/mol. The fraction of sp³-hybridized carbons (Fsp3) is 1.00. The summed E-state index contributed by atoms with van der Waals surface area (Å²) in [4.78, 5) is 0. The zero-order valence-electron chi connectivity index (χ0n) is 12.8. The summed E-state index contributed by atoms with van der Waals surface area (Å²) in [7, 11) is 0. The normalized spacial score (nSPS) is 51.0. The number of rotatable bonds is 5. The van der Waals surface area contributed by atoms with E-state index < -0.39 is 0 Å². The minimum atomic E-state index is 0.661. The van der Waals surface area contributed by atoms with E-state index in [1.807, 2.05) is 0 Å². The molecule has 4 aliphatic carbocycles. The maximum atomic E-state index is 3.79. The van der Waals surface area contributed by atoms with Gasteiger partial charge in [0.2, 0.25) is 0 Å². The topological polar surface area (TPSA) is 12.0 Å². The maximum Gasteiger partial charge on any atom is 0.00106 e. The number of hydrogen-bond acceptors (Lipinski definition) is 1. The average molecular weight is 261 g/mol. The summed E-state index contributed by atoms with van der Waals surface area (Å²) < 4.78 is 0. The van der Waals surface area contributed by atoms with Crippen LogP contribution in [0.5, 0.6) is 0 Å². The summed E-state index contributed by atoms with van der Waals surface area (Å²) in [5, 5.41) is 3.79. The summed E-state index contributed by atoms with van der Waals surface area (Å²) in [5.74, 6) is 5.62. The van der Waals surface area contributed by atoms with Crippen LogP contribution < -0.4 is 5.32 Å². The summed E-state index contributed by atoms with van der Waals surface area (Å²) in [6.07, 6.45) is 12.6. The molecule has 4 saturated carbocycles. The first-order valence-electron chi connectivity index (χ1n) is 8.87. The second kappa shape index (κ2) is 4.48. The molecular formula is C18H31N. The third kappa shape index (κ3) is 2.37. The molecule has 1 heteroatoms. The molecule has 1 nitrogen and oxygen atoms in total. The fourth-order valence-corrected chi connectivity index (χ4v) is 5.99. The van der Waals surface area contributed by atoms with Crippen molar-refractivity contribution in [2.24, 2.45) is 35.0 Å². The standard InChI is InChI=1S/C18H31N/c1-12(2)19-11-18(9-16-7-17(16)10-18)8-15-6-13-3-4-14(15)5-13/h12-17,19H,3-11H2,1-2H3. The largest absolute Gasteiger partial charge is 0.314 e. The Morgan fingerprint density at radius 2 is 1.79 bits per heavy atom. The number of hydrogen-bond donors (Lipinski definition) is 1. The third-order valence-electron chi connectivity index (χ3n) is 6.92. The van der Waals surface area contributed by atoms with E-state index in [9.17, 15) is 0 Å². The quantitative estimate of drug-likeness (QED) is 0.781. The lowest BCUT2D eigenvalue weighted by molar-refractivity contribution is 0.153. The van der Waals surface area contributed by atoms with Crippen LogP contribution in [-0.4, -0.2) is 12.6 Å². The van der Waals surface area contributed by atoms with E-state index in [1.54, 1.807) is 51.4 Å². The van der Waals surface area contributed by atoms with Crippen molar-refractivity contribution in [1.29, 1.82) is 0 Å². The molecule has 0 heterocycles. The minimum absolute atomic E-state index is 0.661. The molecule has 0 spiro atoms. The molecule has 0 amide bonds. The van der Waals surface area contributed by atoms with Crippen molar-refractivity contribution in [3.63, 3.8) is 0 Å². The van der Waals surface area contributed by atoms with Gasteiger partial charge in [-0.25, -0.2) is 0 Å². The molecule has 5 unspecified atom stereocenters. The minimum Gasteiger partial charge on any atom is -0.314 e. The van der Waals surface area contributed by atoms with E-state index in [4.69, 9.17) is 0 Å². The van der Waals surface area contributed by atoms with Gasteiger partial charge in [-0.15, -0.1) is 0 Å². The van der Waals surface area contributed by atoms with Gasteiger partial charge in [0.15, 0.2) is 0 Å². The Morgan fingerprint density at radius 3 is 2.37 bits per heavy atom.